The number of benzene rings is 1. The Bertz CT molecular complexity index is 541. The number of nitrogens with zero attached hydrogens (tertiary/aromatic N) is 2. The number of phenols is 1. The van der Waals surface area contributed by atoms with Crippen LogP contribution in [0.2, 0.25) is 0 Å². The largest absolute Gasteiger partial charge is 0.508 e. The summed E-state index contributed by atoms with van der Waals surface area (Å²) in [4.78, 5) is 0. The van der Waals surface area contributed by atoms with Gasteiger partial charge in [0.05, 0.1) is 5.69 Å². The Morgan fingerprint density at radius 3 is 2.38 bits per heavy atom. The maximum atomic E-state index is 9.69. The van der Waals surface area contributed by atoms with Crippen LogP contribution in [0.3, 0.4) is 0 Å². The molecule has 0 aliphatic rings. The number of aromatic nitrogens is 2. The Balaban J connectivity index is 2.68. The molecule has 0 atom stereocenters. The first-order chi connectivity index (χ1) is 7.52. The van der Waals surface area contributed by atoms with Crippen LogP contribution in [0.15, 0.2) is 18.2 Å². The molecule has 0 radical (unpaired) electrons. The SMILES string of the molecule is Cc1c(O)cccc1-c1nn(C)c(C)c1C. The monoisotopic (exact) mass is 216 g/mol. The molecule has 1 aromatic heterocycles. The van der Waals surface area contributed by atoms with E-state index < -0.39 is 0 Å². The summed E-state index contributed by atoms with van der Waals surface area (Å²) in [6.07, 6.45) is 0. The molecule has 3 heteroatoms. The Morgan fingerprint density at radius 1 is 1.12 bits per heavy atom. The summed E-state index contributed by atoms with van der Waals surface area (Å²) < 4.78 is 1.87. The minimum Gasteiger partial charge on any atom is -0.508 e. The fraction of sp³-hybridized carbons (Fsp3) is 0.308. The predicted molar refractivity (Wildman–Crippen MR) is 64.5 cm³/mol. The van der Waals surface area contributed by atoms with Crippen molar-refractivity contribution in [2.24, 2.45) is 7.05 Å². The molecule has 2 rings (SSSR count). The van der Waals surface area contributed by atoms with Gasteiger partial charge in [0.2, 0.25) is 0 Å². The molecule has 0 spiro atoms. The van der Waals surface area contributed by atoms with Gasteiger partial charge in [-0.15, -0.1) is 0 Å². The minimum absolute atomic E-state index is 0.320. The van der Waals surface area contributed by atoms with Crippen molar-refractivity contribution in [3.63, 3.8) is 0 Å². The van der Waals surface area contributed by atoms with Crippen molar-refractivity contribution in [3.05, 3.63) is 35.0 Å². The second kappa shape index (κ2) is 3.67. The van der Waals surface area contributed by atoms with Crippen LogP contribution in [0.25, 0.3) is 11.3 Å². The molecule has 1 aromatic carbocycles. The van der Waals surface area contributed by atoms with E-state index in [0.29, 0.717) is 5.75 Å². The van der Waals surface area contributed by atoms with E-state index in [2.05, 4.69) is 12.0 Å². The summed E-state index contributed by atoms with van der Waals surface area (Å²) in [6.45, 7) is 6.01. The lowest BCUT2D eigenvalue weighted by molar-refractivity contribution is 0.471. The number of hydrogen-bond donors (Lipinski definition) is 1. The lowest BCUT2D eigenvalue weighted by atomic mass is 10.0. The molecule has 1 N–H and O–H groups in total. The van der Waals surface area contributed by atoms with Gasteiger partial charge < -0.3 is 5.11 Å². The molecule has 2 aromatic rings. The van der Waals surface area contributed by atoms with Gasteiger partial charge in [0, 0.05) is 23.9 Å². The standard InChI is InChI=1S/C13H16N2O/c1-8-10(3)15(4)14-13(8)11-6-5-7-12(16)9(11)2/h5-7,16H,1-4H3. The van der Waals surface area contributed by atoms with Crippen LogP contribution < -0.4 is 0 Å². The van der Waals surface area contributed by atoms with Crippen molar-refractivity contribution in [2.45, 2.75) is 20.8 Å². The first-order valence-corrected chi connectivity index (χ1v) is 5.31. The average molecular weight is 216 g/mol. The molecule has 0 aliphatic carbocycles. The molecule has 16 heavy (non-hydrogen) atoms. The molecule has 0 fully saturated rings. The Hall–Kier alpha value is -1.77. The zero-order valence-corrected chi connectivity index (χ0v) is 10.1. The van der Waals surface area contributed by atoms with E-state index >= 15 is 0 Å². The second-order valence-electron chi connectivity index (χ2n) is 4.13. The molecule has 0 amide bonds. The molecular formula is C13H16N2O. The van der Waals surface area contributed by atoms with E-state index in [1.54, 1.807) is 6.07 Å². The van der Waals surface area contributed by atoms with E-state index in [9.17, 15) is 5.11 Å². The van der Waals surface area contributed by atoms with Gasteiger partial charge in [-0.25, -0.2) is 0 Å². The zero-order valence-electron chi connectivity index (χ0n) is 10.1. The highest BCUT2D eigenvalue weighted by molar-refractivity contribution is 5.69. The molecule has 3 nitrogen and oxygen atoms in total. The Kier molecular flexibility index (Phi) is 2.46. The summed E-state index contributed by atoms with van der Waals surface area (Å²) >= 11 is 0. The van der Waals surface area contributed by atoms with Crippen LogP contribution in [-0.2, 0) is 7.05 Å². The van der Waals surface area contributed by atoms with Crippen molar-refractivity contribution in [3.8, 4) is 17.0 Å². The van der Waals surface area contributed by atoms with Gasteiger partial charge in [0.15, 0.2) is 0 Å². The van der Waals surface area contributed by atoms with Gasteiger partial charge in [0.25, 0.3) is 0 Å². The highest BCUT2D eigenvalue weighted by atomic mass is 16.3. The molecule has 0 aliphatic heterocycles. The van der Waals surface area contributed by atoms with Gasteiger partial charge in [-0.3, -0.25) is 4.68 Å². The summed E-state index contributed by atoms with van der Waals surface area (Å²) in [5.41, 5.74) is 5.15. The van der Waals surface area contributed by atoms with Crippen molar-refractivity contribution in [1.29, 1.82) is 0 Å². The highest BCUT2D eigenvalue weighted by Gasteiger charge is 2.13. The first-order valence-electron chi connectivity index (χ1n) is 5.31. The molecule has 1 heterocycles. The quantitative estimate of drug-likeness (QED) is 0.796. The van der Waals surface area contributed by atoms with Crippen LogP contribution in [0.1, 0.15) is 16.8 Å². The van der Waals surface area contributed by atoms with Crippen LogP contribution >= 0.6 is 0 Å². The van der Waals surface area contributed by atoms with Crippen molar-refractivity contribution >= 4 is 0 Å². The van der Waals surface area contributed by atoms with Gasteiger partial charge >= 0.3 is 0 Å². The third-order valence-electron chi connectivity index (χ3n) is 3.19. The third kappa shape index (κ3) is 1.48. The maximum absolute atomic E-state index is 9.69. The first kappa shape index (κ1) is 10.7. The molecule has 0 saturated carbocycles. The third-order valence-corrected chi connectivity index (χ3v) is 3.19. The molecule has 0 saturated heterocycles. The number of aryl methyl sites for hydroxylation is 1. The Labute approximate surface area is 95.3 Å². The number of hydrogen-bond acceptors (Lipinski definition) is 2. The summed E-state index contributed by atoms with van der Waals surface area (Å²) in [6, 6.07) is 5.54. The topological polar surface area (TPSA) is 38.1 Å². The lowest BCUT2D eigenvalue weighted by Crippen LogP contribution is -1.92. The van der Waals surface area contributed by atoms with Crippen LogP contribution in [0, 0.1) is 20.8 Å². The lowest BCUT2D eigenvalue weighted by Gasteiger charge is -2.05. The molecule has 0 bridgehead atoms. The van der Waals surface area contributed by atoms with E-state index in [0.717, 1.165) is 28.1 Å². The maximum Gasteiger partial charge on any atom is 0.119 e. The summed E-state index contributed by atoms with van der Waals surface area (Å²) in [5, 5.41) is 14.2. The average Bonchev–Trinajstić information content (AvgIpc) is 2.50. The molecular weight excluding hydrogens is 200 g/mol. The van der Waals surface area contributed by atoms with E-state index in [-0.39, 0.29) is 0 Å². The fourth-order valence-electron chi connectivity index (χ4n) is 1.85. The van der Waals surface area contributed by atoms with E-state index in [1.165, 1.54) is 0 Å². The van der Waals surface area contributed by atoms with Crippen molar-refractivity contribution < 1.29 is 5.11 Å². The van der Waals surface area contributed by atoms with Gasteiger partial charge in [-0.1, -0.05) is 12.1 Å². The normalized spacial score (nSPS) is 10.8. The molecule has 0 unspecified atom stereocenters. The number of rotatable bonds is 1. The van der Waals surface area contributed by atoms with E-state index in [4.69, 9.17) is 0 Å². The number of aromatic hydroxyl groups is 1. The van der Waals surface area contributed by atoms with Crippen molar-refractivity contribution in [1.82, 2.24) is 9.78 Å². The minimum atomic E-state index is 0.320. The van der Waals surface area contributed by atoms with Crippen LogP contribution in [0.5, 0.6) is 5.75 Å². The highest BCUT2D eigenvalue weighted by Crippen LogP contribution is 2.31. The van der Waals surface area contributed by atoms with Gasteiger partial charge in [0.1, 0.15) is 5.75 Å². The molecule has 84 valence electrons. The Morgan fingerprint density at radius 2 is 1.81 bits per heavy atom. The van der Waals surface area contributed by atoms with Crippen molar-refractivity contribution in [2.75, 3.05) is 0 Å². The summed E-state index contributed by atoms with van der Waals surface area (Å²) in [5.74, 6) is 0.320. The zero-order chi connectivity index (χ0) is 11.9. The van der Waals surface area contributed by atoms with Gasteiger partial charge in [-0.2, -0.15) is 5.10 Å². The number of phenolic OH excluding ortho intramolecular Hbond substituents is 1. The van der Waals surface area contributed by atoms with E-state index in [1.807, 2.05) is 37.7 Å². The summed E-state index contributed by atoms with van der Waals surface area (Å²) in [7, 11) is 1.93. The van der Waals surface area contributed by atoms with Crippen LogP contribution in [0.4, 0.5) is 0 Å². The van der Waals surface area contributed by atoms with Gasteiger partial charge in [-0.05, 0) is 32.4 Å². The second-order valence-corrected chi connectivity index (χ2v) is 4.13. The predicted octanol–water partition coefficient (Wildman–Crippen LogP) is 2.72. The fourth-order valence-corrected chi connectivity index (χ4v) is 1.85. The smallest absolute Gasteiger partial charge is 0.119 e. The van der Waals surface area contributed by atoms with Crippen LogP contribution in [-0.4, -0.2) is 14.9 Å².